The van der Waals surface area contributed by atoms with Gasteiger partial charge in [0.15, 0.2) is 0 Å². The van der Waals surface area contributed by atoms with Crippen LogP contribution in [0, 0.1) is 11.8 Å². The number of H-pyrrole nitrogens is 1. The van der Waals surface area contributed by atoms with Crippen LogP contribution in [0.5, 0.6) is 0 Å². The Hall–Kier alpha value is -3.06. The van der Waals surface area contributed by atoms with Crippen molar-refractivity contribution in [1.82, 2.24) is 9.97 Å². The summed E-state index contributed by atoms with van der Waals surface area (Å²) in [6.45, 7) is 1.48. The fourth-order valence-electron chi connectivity index (χ4n) is 2.10. The van der Waals surface area contributed by atoms with E-state index in [1.54, 1.807) is 6.20 Å². The van der Waals surface area contributed by atoms with Crippen LogP contribution in [0.1, 0.15) is 18.1 Å². The molecule has 4 nitrogen and oxygen atoms in total. The molecule has 2 heterocycles. The van der Waals surface area contributed by atoms with Gasteiger partial charge in [-0.15, -0.1) is 0 Å². The Morgan fingerprint density at radius 2 is 1.95 bits per heavy atom. The van der Waals surface area contributed by atoms with Crippen molar-refractivity contribution < 1.29 is 4.79 Å². The van der Waals surface area contributed by atoms with Gasteiger partial charge in [-0.25, -0.2) is 4.98 Å². The third-order valence-electron chi connectivity index (χ3n) is 3.03. The number of nitrogens with zero attached hydrogens (tertiary/aromatic N) is 1. The number of anilines is 1. The first-order valence-electron chi connectivity index (χ1n) is 6.55. The van der Waals surface area contributed by atoms with Crippen molar-refractivity contribution in [2.24, 2.45) is 0 Å². The molecule has 0 aliphatic heterocycles. The number of rotatable bonds is 1. The zero-order chi connectivity index (χ0) is 14.7. The van der Waals surface area contributed by atoms with Gasteiger partial charge in [0.05, 0.1) is 5.69 Å². The Balaban J connectivity index is 2.02. The van der Waals surface area contributed by atoms with E-state index >= 15 is 0 Å². The molecule has 2 aromatic heterocycles. The van der Waals surface area contributed by atoms with E-state index in [9.17, 15) is 4.79 Å². The molecule has 0 saturated carbocycles. The van der Waals surface area contributed by atoms with Gasteiger partial charge < -0.3 is 10.3 Å². The van der Waals surface area contributed by atoms with E-state index < -0.39 is 0 Å². The lowest BCUT2D eigenvalue weighted by atomic mass is 10.1. The summed E-state index contributed by atoms with van der Waals surface area (Å²) in [5.41, 5.74) is 3.22. The molecule has 0 atom stereocenters. The van der Waals surface area contributed by atoms with Crippen molar-refractivity contribution in [3.63, 3.8) is 0 Å². The Morgan fingerprint density at radius 1 is 1.14 bits per heavy atom. The maximum Gasteiger partial charge on any atom is 0.221 e. The fraction of sp³-hybridized carbons (Fsp3) is 0.0588. The third kappa shape index (κ3) is 2.77. The van der Waals surface area contributed by atoms with Crippen LogP contribution < -0.4 is 5.32 Å². The molecule has 0 saturated heterocycles. The second kappa shape index (κ2) is 5.51. The average molecular weight is 275 g/mol. The molecule has 102 valence electrons. The Kier molecular flexibility index (Phi) is 3.40. The lowest BCUT2D eigenvalue weighted by molar-refractivity contribution is -0.114. The van der Waals surface area contributed by atoms with Crippen LogP contribution in [0.25, 0.3) is 11.0 Å². The van der Waals surface area contributed by atoms with Gasteiger partial charge in [-0.1, -0.05) is 24.0 Å². The van der Waals surface area contributed by atoms with E-state index in [1.165, 1.54) is 6.92 Å². The first-order valence-corrected chi connectivity index (χ1v) is 6.55. The fourth-order valence-corrected chi connectivity index (χ4v) is 2.10. The van der Waals surface area contributed by atoms with Crippen LogP contribution in [-0.4, -0.2) is 15.9 Å². The second-order valence-electron chi connectivity index (χ2n) is 4.58. The van der Waals surface area contributed by atoms with Crippen LogP contribution in [0.3, 0.4) is 0 Å². The van der Waals surface area contributed by atoms with E-state index in [0.717, 1.165) is 27.8 Å². The largest absolute Gasteiger partial charge is 0.346 e. The molecule has 21 heavy (non-hydrogen) atoms. The molecular formula is C17H13N3O. The highest BCUT2D eigenvalue weighted by Crippen LogP contribution is 2.16. The van der Waals surface area contributed by atoms with Crippen LogP contribution in [0.2, 0.25) is 0 Å². The van der Waals surface area contributed by atoms with Gasteiger partial charge in [-0.05, 0) is 24.3 Å². The molecule has 1 amide bonds. The predicted octanol–water partition coefficient (Wildman–Crippen LogP) is 2.92. The molecule has 0 spiro atoms. The zero-order valence-corrected chi connectivity index (χ0v) is 11.5. The summed E-state index contributed by atoms with van der Waals surface area (Å²) in [7, 11) is 0. The van der Waals surface area contributed by atoms with E-state index in [0.29, 0.717) is 0 Å². The SMILES string of the molecule is CC(=O)Nc1ccccc1C#Cc1ccnc2[nH]ccc12. The van der Waals surface area contributed by atoms with Gasteiger partial charge in [0.1, 0.15) is 5.65 Å². The van der Waals surface area contributed by atoms with Crippen molar-refractivity contribution in [1.29, 1.82) is 0 Å². The lowest BCUT2D eigenvalue weighted by Gasteiger charge is -2.03. The molecule has 0 bridgehead atoms. The third-order valence-corrected chi connectivity index (χ3v) is 3.03. The number of amides is 1. The number of aromatic nitrogens is 2. The van der Waals surface area contributed by atoms with E-state index in [-0.39, 0.29) is 5.91 Å². The van der Waals surface area contributed by atoms with E-state index in [4.69, 9.17) is 0 Å². The minimum absolute atomic E-state index is 0.110. The normalized spacial score (nSPS) is 9.95. The molecule has 4 heteroatoms. The van der Waals surface area contributed by atoms with Crippen molar-refractivity contribution in [2.45, 2.75) is 6.92 Å². The highest BCUT2D eigenvalue weighted by atomic mass is 16.1. The molecule has 0 unspecified atom stereocenters. The highest BCUT2D eigenvalue weighted by molar-refractivity contribution is 5.90. The number of nitrogens with one attached hydrogen (secondary N) is 2. The molecule has 1 aromatic carbocycles. The number of fused-ring (bicyclic) bond motifs is 1. The number of para-hydroxylation sites is 1. The zero-order valence-electron chi connectivity index (χ0n) is 11.5. The van der Waals surface area contributed by atoms with Gasteiger partial charge >= 0.3 is 0 Å². The number of aromatic amines is 1. The first kappa shape index (κ1) is 12.9. The summed E-state index contributed by atoms with van der Waals surface area (Å²) < 4.78 is 0. The van der Waals surface area contributed by atoms with E-state index in [1.807, 2.05) is 42.6 Å². The minimum Gasteiger partial charge on any atom is -0.346 e. The Morgan fingerprint density at radius 3 is 2.81 bits per heavy atom. The Bertz CT molecular complexity index is 868. The smallest absolute Gasteiger partial charge is 0.221 e. The van der Waals surface area contributed by atoms with Crippen molar-refractivity contribution >= 4 is 22.6 Å². The van der Waals surface area contributed by atoms with Gasteiger partial charge in [0, 0.05) is 35.8 Å². The van der Waals surface area contributed by atoms with Crippen LogP contribution in [0.15, 0.2) is 48.8 Å². The summed E-state index contributed by atoms with van der Waals surface area (Å²) >= 11 is 0. The van der Waals surface area contributed by atoms with Gasteiger partial charge in [0.2, 0.25) is 5.91 Å². The maximum atomic E-state index is 11.2. The topological polar surface area (TPSA) is 57.8 Å². The molecule has 0 fully saturated rings. The second-order valence-corrected chi connectivity index (χ2v) is 4.58. The first-order chi connectivity index (χ1) is 10.2. The molecule has 3 rings (SSSR count). The number of hydrogen-bond acceptors (Lipinski definition) is 2. The van der Waals surface area contributed by atoms with Gasteiger partial charge in [-0.3, -0.25) is 4.79 Å². The molecule has 0 radical (unpaired) electrons. The summed E-state index contributed by atoms with van der Waals surface area (Å²) in [5, 5.41) is 3.77. The minimum atomic E-state index is -0.110. The number of carbonyl (C=O) groups is 1. The van der Waals surface area contributed by atoms with Crippen LogP contribution in [-0.2, 0) is 4.79 Å². The number of pyridine rings is 1. The lowest BCUT2D eigenvalue weighted by Crippen LogP contribution is -2.06. The van der Waals surface area contributed by atoms with Crippen LogP contribution in [0.4, 0.5) is 5.69 Å². The predicted molar refractivity (Wildman–Crippen MR) is 82.8 cm³/mol. The maximum absolute atomic E-state index is 11.2. The van der Waals surface area contributed by atoms with Crippen molar-refractivity contribution in [3.05, 3.63) is 59.9 Å². The number of benzene rings is 1. The van der Waals surface area contributed by atoms with Gasteiger partial charge in [0.25, 0.3) is 0 Å². The number of hydrogen-bond donors (Lipinski definition) is 2. The molecule has 3 aromatic rings. The van der Waals surface area contributed by atoms with Gasteiger partial charge in [-0.2, -0.15) is 0 Å². The van der Waals surface area contributed by atoms with Crippen molar-refractivity contribution in [2.75, 3.05) is 5.32 Å². The number of carbonyl (C=O) groups excluding carboxylic acids is 1. The van der Waals surface area contributed by atoms with E-state index in [2.05, 4.69) is 27.1 Å². The molecule has 0 aliphatic rings. The highest BCUT2D eigenvalue weighted by Gasteiger charge is 2.02. The van der Waals surface area contributed by atoms with Crippen LogP contribution >= 0.6 is 0 Å². The van der Waals surface area contributed by atoms with Crippen molar-refractivity contribution in [3.8, 4) is 11.8 Å². The summed E-state index contributed by atoms with van der Waals surface area (Å²) in [6.07, 6.45) is 3.57. The molecular weight excluding hydrogens is 262 g/mol. The quantitative estimate of drug-likeness (QED) is 0.671. The standard InChI is InChI=1S/C17H13N3O/c1-12(21)20-16-5-3-2-4-14(16)7-6-13-8-10-18-17-15(13)9-11-19-17/h2-5,8-11H,1H3,(H,18,19)(H,20,21). The monoisotopic (exact) mass is 275 g/mol. The average Bonchev–Trinajstić information content (AvgIpc) is 2.95. The molecule has 2 N–H and O–H groups in total. The summed E-state index contributed by atoms with van der Waals surface area (Å²) in [5.74, 6) is 6.14. The Labute approximate surface area is 122 Å². The summed E-state index contributed by atoms with van der Waals surface area (Å²) in [4.78, 5) is 18.5. The summed E-state index contributed by atoms with van der Waals surface area (Å²) in [6, 6.07) is 11.3. The molecule has 0 aliphatic carbocycles.